The highest BCUT2D eigenvalue weighted by Crippen LogP contribution is 2.27. The minimum atomic E-state index is 0.0491. The third-order valence-electron chi connectivity index (χ3n) is 2.80. The lowest BCUT2D eigenvalue weighted by molar-refractivity contribution is 0.603. The van der Waals surface area contributed by atoms with Crippen molar-refractivity contribution in [2.45, 2.75) is 19.9 Å². The predicted octanol–water partition coefficient (Wildman–Crippen LogP) is 3.35. The second-order valence-corrected chi connectivity index (χ2v) is 5.65. The zero-order valence-electron chi connectivity index (χ0n) is 10.7. The highest BCUT2D eigenvalue weighted by atomic mass is 32.1. The summed E-state index contributed by atoms with van der Waals surface area (Å²) >= 11 is 1.66. The summed E-state index contributed by atoms with van der Waals surface area (Å²) in [5.74, 6) is 0. The summed E-state index contributed by atoms with van der Waals surface area (Å²) in [6.07, 6.45) is 1.86. The van der Waals surface area contributed by atoms with Gasteiger partial charge in [-0.15, -0.1) is 11.3 Å². The van der Waals surface area contributed by atoms with Crippen LogP contribution in [0, 0.1) is 6.92 Å². The monoisotopic (exact) mass is 274 g/mol. The number of nitrogens with zero attached hydrogens (tertiary/aromatic N) is 2. The third kappa shape index (κ3) is 2.26. The van der Waals surface area contributed by atoms with E-state index in [-0.39, 0.29) is 6.04 Å². The summed E-state index contributed by atoms with van der Waals surface area (Å²) in [4.78, 5) is 9.89. The number of anilines is 2. The van der Waals surface area contributed by atoms with Crippen LogP contribution >= 0.6 is 11.3 Å². The average Bonchev–Trinajstić information content (AvgIpc) is 2.96. The van der Waals surface area contributed by atoms with Crippen molar-refractivity contribution >= 4 is 34.1 Å². The molecule has 5 nitrogen and oxygen atoms in total. The summed E-state index contributed by atoms with van der Waals surface area (Å²) in [5, 5.41) is 4.21. The summed E-state index contributed by atoms with van der Waals surface area (Å²) < 4.78 is 5.62. The number of para-hydroxylation sites is 1. The van der Waals surface area contributed by atoms with E-state index >= 15 is 0 Å². The van der Waals surface area contributed by atoms with E-state index in [4.69, 9.17) is 10.2 Å². The Bertz CT molecular complexity index is 718. The molecule has 0 amide bonds. The SMILES string of the molecule is Cc1cnc(C(C)Nc2nc3c(N)cccc3o2)s1. The number of nitrogens with two attached hydrogens (primary N) is 1. The van der Waals surface area contributed by atoms with Gasteiger partial charge in [0.1, 0.15) is 10.5 Å². The average molecular weight is 274 g/mol. The molecule has 0 bridgehead atoms. The van der Waals surface area contributed by atoms with Crippen LogP contribution < -0.4 is 11.1 Å². The van der Waals surface area contributed by atoms with Gasteiger partial charge in [0.05, 0.1) is 11.7 Å². The van der Waals surface area contributed by atoms with Crippen molar-refractivity contribution in [1.29, 1.82) is 0 Å². The van der Waals surface area contributed by atoms with E-state index in [1.54, 1.807) is 11.3 Å². The quantitative estimate of drug-likeness (QED) is 0.716. The van der Waals surface area contributed by atoms with Gasteiger partial charge in [0.15, 0.2) is 5.58 Å². The maximum Gasteiger partial charge on any atom is 0.296 e. The van der Waals surface area contributed by atoms with Crippen LogP contribution in [0.4, 0.5) is 11.7 Å². The Morgan fingerprint density at radius 1 is 1.42 bits per heavy atom. The molecule has 2 heterocycles. The van der Waals surface area contributed by atoms with E-state index in [0.29, 0.717) is 22.8 Å². The molecule has 0 spiro atoms. The fourth-order valence-corrected chi connectivity index (χ4v) is 2.63. The van der Waals surface area contributed by atoms with Crippen molar-refractivity contribution in [3.8, 4) is 0 Å². The Morgan fingerprint density at radius 3 is 2.95 bits per heavy atom. The molecule has 0 aliphatic carbocycles. The van der Waals surface area contributed by atoms with Crippen molar-refractivity contribution in [2.75, 3.05) is 11.1 Å². The first-order valence-corrected chi connectivity index (χ1v) is 6.79. The van der Waals surface area contributed by atoms with Gasteiger partial charge in [0, 0.05) is 11.1 Å². The molecule has 19 heavy (non-hydrogen) atoms. The molecule has 1 atom stereocenters. The first-order valence-electron chi connectivity index (χ1n) is 5.97. The predicted molar refractivity (Wildman–Crippen MR) is 77.3 cm³/mol. The Morgan fingerprint density at radius 2 is 2.26 bits per heavy atom. The lowest BCUT2D eigenvalue weighted by Gasteiger charge is -2.07. The first-order chi connectivity index (χ1) is 9.13. The number of benzene rings is 1. The van der Waals surface area contributed by atoms with E-state index in [0.717, 1.165) is 5.01 Å². The fourth-order valence-electron chi connectivity index (χ4n) is 1.85. The molecule has 3 aromatic rings. The summed E-state index contributed by atoms with van der Waals surface area (Å²) in [7, 11) is 0. The smallest absolute Gasteiger partial charge is 0.296 e. The number of hydrogen-bond donors (Lipinski definition) is 2. The van der Waals surface area contributed by atoms with Crippen molar-refractivity contribution in [3.63, 3.8) is 0 Å². The van der Waals surface area contributed by atoms with Crippen LogP contribution in [0.2, 0.25) is 0 Å². The van der Waals surface area contributed by atoms with Gasteiger partial charge in [-0.3, -0.25) is 0 Å². The van der Waals surface area contributed by atoms with E-state index in [9.17, 15) is 0 Å². The molecule has 0 fully saturated rings. The van der Waals surface area contributed by atoms with E-state index in [1.165, 1.54) is 4.88 Å². The van der Waals surface area contributed by atoms with Crippen molar-refractivity contribution in [2.24, 2.45) is 0 Å². The molecule has 1 aromatic carbocycles. The molecular formula is C13H14N4OS. The number of nitrogens with one attached hydrogen (secondary N) is 1. The first kappa shape index (κ1) is 12.0. The Labute approximate surface area is 114 Å². The second-order valence-electron chi connectivity index (χ2n) is 4.39. The number of aryl methyl sites for hydroxylation is 1. The molecule has 0 aliphatic heterocycles. The van der Waals surface area contributed by atoms with Crippen molar-refractivity contribution in [1.82, 2.24) is 9.97 Å². The second kappa shape index (κ2) is 4.55. The van der Waals surface area contributed by atoms with Crippen molar-refractivity contribution < 1.29 is 4.42 Å². The standard InChI is InChI=1S/C13H14N4OS/c1-7-6-15-12(19-7)8(2)16-13-17-11-9(14)4-3-5-10(11)18-13/h3-6,8H,14H2,1-2H3,(H,16,17). The van der Waals surface area contributed by atoms with Gasteiger partial charge < -0.3 is 15.5 Å². The zero-order valence-corrected chi connectivity index (χ0v) is 11.5. The zero-order chi connectivity index (χ0) is 13.4. The Balaban J connectivity index is 1.87. The van der Waals surface area contributed by atoms with Crippen LogP contribution in [0.25, 0.3) is 11.1 Å². The van der Waals surface area contributed by atoms with Crippen LogP contribution in [-0.4, -0.2) is 9.97 Å². The Hall–Kier alpha value is -2.08. The highest BCUT2D eigenvalue weighted by molar-refractivity contribution is 7.11. The molecule has 0 radical (unpaired) electrons. The summed E-state index contributed by atoms with van der Waals surface area (Å²) in [6.45, 7) is 4.06. The molecule has 98 valence electrons. The lowest BCUT2D eigenvalue weighted by Crippen LogP contribution is -2.06. The number of rotatable bonds is 3. The van der Waals surface area contributed by atoms with E-state index < -0.39 is 0 Å². The van der Waals surface area contributed by atoms with Crippen LogP contribution in [-0.2, 0) is 0 Å². The number of oxazole rings is 1. The van der Waals surface area contributed by atoms with Gasteiger partial charge in [-0.2, -0.15) is 4.98 Å². The van der Waals surface area contributed by atoms with Gasteiger partial charge in [-0.05, 0) is 26.0 Å². The number of hydrogen-bond acceptors (Lipinski definition) is 6. The van der Waals surface area contributed by atoms with Gasteiger partial charge in [-0.25, -0.2) is 4.98 Å². The molecule has 3 N–H and O–H groups in total. The number of thiazole rings is 1. The summed E-state index contributed by atoms with van der Waals surface area (Å²) in [6, 6.07) is 6.02. The third-order valence-corrected chi connectivity index (χ3v) is 3.90. The minimum absolute atomic E-state index is 0.0491. The van der Waals surface area contributed by atoms with Gasteiger partial charge in [-0.1, -0.05) is 6.07 Å². The topological polar surface area (TPSA) is 77.0 Å². The molecule has 0 saturated heterocycles. The van der Waals surface area contributed by atoms with Gasteiger partial charge >= 0.3 is 0 Å². The molecule has 0 saturated carbocycles. The number of fused-ring (bicyclic) bond motifs is 1. The number of aromatic nitrogens is 2. The molecule has 3 rings (SSSR count). The highest BCUT2D eigenvalue weighted by Gasteiger charge is 2.13. The lowest BCUT2D eigenvalue weighted by atomic mass is 10.3. The minimum Gasteiger partial charge on any atom is -0.423 e. The van der Waals surface area contributed by atoms with E-state index in [1.807, 2.05) is 38.2 Å². The van der Waals surface area contributed by atoms with E-state index in [2.05, 4.69) is 15.3 Å². The fraction of sp³-hybridized carbons (Fsp3) is 0.231. The van der Waals surface area contributed by atoms with Crippen LogP contribution in [0.15, 0.2) is 28.8 Å². The number of nitrogen functional groups attached to an aromatic ring is 1. The molecule has 6 heteroatoms. The maximum atomic E-state index is 5.85. The molecule has 2 aromatic heterocycles. The van der Waals surface area contributed by atoms with Gasteiger partial charge in [0.2, 0.25) is 0 Å². The maximum absolute atomic E-state index is 5.85. The normalized spacial score (nSPS) is 12.7. The van der Waals surface area contributed by atoms with Crippen LogP contribution in [0.5, 0.6) is 0 Å². The van der Waals surface area contributed by atoms with Gasteiger partial charge in [0.25, 0.3) is 6.01 Å². The largest absolute Gasteiger partial charge is 0.423 e. The van der Waals surface area contributed by atoms with Crippen LogP contribution in [0.3, 0.4) is 0 Å². The molecular weight excluding hydrogens is 260 g/mol. The summed E-state index contributed by atoms with van der Waals surface area (Å²) in [5.41, 5.74) is 7.84. The molecule has 1 unspecified atom stereocenters. The van der Waals surface area contributed by atoms with Crippen molar-refractivity contribution in [3.05, 3.63) is 34.3 Å². The van der Waals surface area contributed by atoms with Crippen LogP contribution in [0.1, 0.15) is 22.9 Å². The Kier molecular flexibility index (Phi) is 2.87. The molecule has 0 aliphatic rings.